The number of nitrogens with two attached hydrogens (primary N) is 1. The van der Waals surface area contributed by atoms with Crippen molar-refractivity contribution < 1.29 is 9.13 Å². The molecule has 3 N–H and O–H groups in total. The molecule has 1 unspecified atom stereocenters. The van der Waals surface area contributed by atoms with Crippen LogP contribution in [0.5, 0.6) is 5.75 Å². The van der Waals surface area contributed by atoms with Crippen molar-refractivity contribution in [2.45, 2.75) is 25.0 Å². The maximum Gasteiger partial charge on any atom is 0.141 e. The molecule has 1 heterocycles. The second kappa shape index (κ2) is 5.56. The van der Waals surface area contributed by atoms with Crippen molar-refractivity contribution in [2.24, 2.45) is 5.84 Å². The van der Waals surface area contributed by atoms with Gasteiger partial charge in [-0.25, -0.2) is 9.82 Å². The molecular formula is C15H16FN3O. The van der Waals surface area contributed by atoms with Crippen molar-refractivity contribution in [1.29, 1.82) is 0 Å². The minimum Gasteiger partial charge on any atom is -0.490 e. The molecule has 0 aliphatic heterocycles. The maximum atomic E-state index is 13.2. The van der Waals surface area contributed by atoms with Gasteiger partial charge in [0.05, 0.1) is 18.3 Å². The van der Waals surface area contributed by atoms with Crippen molar-refractivity contribution in [2.75, 3.05) is 0 Å². The topological polar surface area (TPSA) is 60.2 Å². The average Bonchev–Trinajstić information content (AvgIpc) is 3.26. The van der Waals surface area contributed by atoms with E-state index in [4.69, 9.17) is 10.6 Å². The number of halogens is 1. The number of nitrogens with zero attached hydrogens (tertiary/aromatic N) is 1. The third-order valence-electron chi connectivity index (χ3n) is 3.27. The number of hydrogen-bond acceptors (Lipinski definition) is 4. The lowest BCUT2D eigenvalue weighted by Crippen LogP contribution is -2.29. The van der Waals surface area contributed by atoms with Crippen LogP contribution in [0.25, 0.3) is 0 Å². The van der Waals surface area contributed by atoms with Crippen LogP contribution in [0.4, 0.5) is 4.39 Å². The molecule has 0 spiro atoms. The first-order valence-corrected chi connectivity index (χ1v) is 6.59. The molecule has 2 aromatic rings. The van der Waals surface area contributed by atoms with Crippen molar-refractivity contribution >= 4 is 0 Å². The summed E-state index contributed by atoms with van der Waals surface area (Å²) in [7, 11) is 0. The van der Waals surface area contributed by atoms with Gasteiger partial charge in [-0.05, 0) is 42.2 Å². The number of hydrogen-bond donors (Lipinski definition) is 2. The fraction of sp³-hybridized carbons (Fsp3) is 0.267. The third kappa shape index (κ3) is 2.95. The first kappa shape index (κ1) is 13.0. The molecule has 1 aromatic carbocycles. The monoisotopic (exact) mass is 273 g/mol. The quantitative estimate of drug-likeness (QED) is 0.648. The smallest absolute Gasteiger partial charge is 0.141 e. The molecule has 0 radical (unpaired) electrons. The Morgan fingerprint density at radius 2 is 1.95 bits per heavy atom. The second-order valence-corrected chi connectivity index (χ2v) is 4.92. The Kier molecular flexibility index (Phi) is 3.62. The van der Waals surface area contributed by atoms with Gasteiger partial charge in [0.2, 0.25) is 0 Å². The van der Waals surface area contributed by atoms with Crippen LogP contribution < -0.4 is 16.0 Å². The van der Waals surface area contributed by atoms with Gasteiger partial charge >= 0.3 is 0 Å². The SMILES string of the molecule is NNC(c1ccc(OC2CC2)cc1)c1cncc(F)c1. The van der Waals surface area contributed by atoms with E-state index in [1.165, 1.54) is 12.3 Å². The normalized spacial score (nSPS) is 15.9. The van der Waals surface area contributed by atoms with E-state index >= 15 is 0 Å². The second-order valence-electron chi connectivity index (χ2n) is 4.92. The van der Waals surface area contributed by atoms with Crippen molar-refractivity contribution in [3.63, 3.8) is 0 Å². The Bertz CT molecular complexity index is 584. The fourth-order valence-corrected chi connectivity index (χ4v) is 2.09. The van der Waals surface area contributed by atoms with Gasteiger partial charge in [-0.1, -0.05) is 12.1 Å². The Balaban J connectivity index is 1.81. The molecule has 0 saturated heterocycles. The van der Waals surface area contributed by atoms with Gasteiger partial charge in [-0.2, -0.15) is 0 Å². The van der Waals surface area contributed by atoms with E-state index in [1.54, 1.807) is 6.20 Å². The molecule has 4 nitrogen and oxygen atoms in total. The van der Waals surface area contributed by atoms with Crippen LogP contribution in [0, 0.1) is 5.82 Å². The van der Waals surface area contributed by atoms with E-state index in [0.29, 0.717) is 11.7 Å². The lowest BCUT2D eigenvalue weighted by Gasteiger charge is -2.17. The van der Waals surface area contributed by atoms with Gasteiger partial charge < -0.3 is 4.74 Å². The van der Waals surface area contributed by atoms with Crippen LogP contribution in [0.15, 0.2) is 42.7 Å². The Morgan fingerprint density at radius 3 is 2.55 bits per heavy atom. The molecular weight excluding hydrogens is 257 g/mol. The molecule has 1 saturated carbocycles. The molecule has 20 heavy (non-hydrogen) atoms. The van der Waals surface area contributed by atoms with Crippen molar-refractivity contribution in [3.8, 4) is 5.75 Å². The molecule has 3 rings (SSSR count). The zero-order valence-corrected chi connectivity index (χ0v) is 10.9. The van der Waals surface area contributed by atoms with Gasteiger partial charge in [0.25, 0.3) is 0 Å². The summed E-state index contributed by atoms with van der Waals surface area (Å²) < 4.78 is 18.9. The Labute approximate surface area is 116 Å². The van der Waals surface area contributed by atoms with Crippen molar-refractivity contribution in [3.05, 3.63) is 59.7 Å². The van der Waals surface area contributed by atoms with Crippen molar-refractivity contribution in [1.82, 2.24) is 10.4 Å². The van der Waals surface area contributed by atoms with E-state index < -0.39 is 0 Å². The van der Waals surface area contributed by atoms with Gasteiger partial charge in [0, 0.05) is 6.20 Å². The number of nitrogens with one attached hydrogen (secondary N) is 1. The predicted octanol–water partition coefficient (Wildman–Crippen LogP) is 2.31. The molecule has 1 aromatic heterocycles. The largest absolute Gasteiger partial charge is 0.490 e. The van der Waals surface area contributed by atoms with E-state index in [0.717, 1.165) is 24.2 Å². The summed E-state index contributed by atoms with van der Waals surface area (Å²) >= 11 is 0. The number of hydrazine groups is 1. The minimum atomic E-state index is -0.378. The highest BCUT2D eigenvalue weighted by molar-refractivity contribution is 5.34. The molecule has 0 bridgehead atoms. The van der Waals surface area contributed by atoms with Crippen LogP contribution in [0.3, 0.4) is 0 Å². The van der Waals surface area contributed by atoms with E-state index in [1.807, 2.05) is 24.3 Å². The predicted molar refractivity (Wildman–Crippen MR) is 73.5 cm³/mol. The highest BCUT2D eigenvalue weighted by Crippen LogP contribution is 2.28. The van der Waals surface area contributed by atoms with Gasteiger partial charge in [0.15, 0.2) is 0 Å². The summed E-state index contributed by atoms with van der Waals surface area (Å²) in [5.74, 6) is 6.06. The van der Waals surface area contributed by atoms with Crippen LogP contribution in [0.2, 0.25) is 0 Å². The highest BCUT2D eigenvalue weighted by atomic mass is 19.1. The van der Waals surface area contributed by atoms with Gasteiger partial charge in [-0.15, -0.1) is 0 Å². The summed E-state index contributed by atoms with van der Waals surface area (Å²) in [4.78, 5) is 3.85. The standard InChI is InChI=1S/C15H16FN3O/c16-12-7-11(8-18-9-12)15(19-17)10-1-3-13(4-2-10)20-14-5-6-14/h1-4,7-9,14-15,19H,5-6,17H2. The zero-order chi connectivity index (χ0) is 13.9. The number of aromatic nitrogens is 1. The fourth-order valence-electron chi connectivity index (χ4n) is 2.09. The summed E-state index contributed by atoms with van der Waals surface area (Å²) in [5.41, 5.74) is 4.30. The zero-order valence-electron chi connectivity index (χ0n) is 10.9. The number of benzene rings is 1. The molecule has 5 heteroatoms. The van der Waals surface area contributed by atoms with E-state index in [2.05, 4.69) is 10.4 Å². The first-order chi connectivity index (χ1) is 9.76. The van der Waals surface area contributed by atoms with E-state index in [-0.39, 0.29) is 11.9 Å². The summed E-state index contributed by atoms with van der Waals surface area (Å²) in [6, 6.07) is 8.79. The summed E-state index contributed by atoms with van der Waals surface area (Å²) in [6.07, 6.45) is 5.40. The van der Waals surface area contributed by atoms with Crippen LogP contribution >= 0.6 is 0 Å². The van der Waals surface area contributed by atoms with E-state index in [9.17, 15) is 4.39 Å². The molecule has 104 valence electrons. The first-order valence-electron chi connectivity index (χ1n) is 6.59. The van der Waals surface area contributed by atoms with Gasteiger partial charge in [0.1, 0.15) is 11.6 Å². The number of rotatable bonds is 5. The Morgan fingerprint density at radius 1 is 1.20 bits per heavy atom. The molecule has 0 amide bonds. The highest BCUT2D eigenvalue weighted by Gasteiger charge is 2.23. The number of ether oxygens (including phenoxy) is 1. The van der Waals surface area contributed by atoms with Gasteiger partial charge in [-0.3, -0.25) is 10.8 Å². The third-order valence-corrected chi connectivity index (χ3v) is 3.27. The summed E-state index contributed by atoms with van der Waals surface area (Å²) in [6.45, 7) is 0. The number of pyridine rings is 1. The molecule has 1 aliphatic rings. The lowest BCUT2D eigenvalue weighted by molar-refractivity contribution is 0.303. The van der Waals surface area contributed by atoms with Crippen LogP contribution in [-0.4, -0.2) is 11.1 Å². The molecule has 1 aliphatic carbocycles. The molecule has 1 atom stereocenters. The lowest BCUT2D eigenvalue weighted by atomic mass is 10.0. The Hall–Kier alpha value is -1.98. The summed E-state index contributed by atoms with van der Waals surface area (Å²) in [5, 5.41) is 0. The maximum absolute atomic E-state index is 13.2. The van der Waals surface area contributed by atoms with Crippen LogP contribution in [-0.2, 0) is 0 Å². The molecule has 1 fully saturated rings. The minimum absolute atomic E-state index is 0.298. The van der Waals surface area contributed by atoms with Crippen LogP contribution in [0.1, 0.15) is 30.0 Å². The average molecular weight is 273 g/mol.